The molecule has 0 radical (unpaired) electrons. The minimum atomic E-state index is -0.517. The molecule has 6 nitrogen and oxygen atoms in total. The van der Waals surface area contributed by atoms with Crippen LogP contribution in [0.3, 0.4) is 0 Å². The SMILES string of the molecule is CC(C)(C)C(=O)NC(=S)Nc1ccc(C(=O)NCC2CCCO2)cc1. The van der Waals surface area contributed by atoms with Crippen molar-refractivity contribution in [2.24, 2.45) is 5.41 Å². The summed E-state index contributed by atoms with van der Waals surface area (Å²) in [7, 11) is 0. The van der Waals surface area contributed by atoms with E-state index in [9.17, 15) is 9.59 Å². The third-order valence-corrected chi connectivity index (χ3v) is 4.03. The first-order valence-corrected chi connectivity index (χ1v) is 8.79. The second kappa shape index (κ2) is 8.40. The standard InChI is InChI=1S/C18H25N3O3S/c1-18(2,3)16(23)21-17(25)20-13-8-6-12(7-9-13)15(22)19-11-14-5-4-10-24-14/h6-9,14H,4-5,10-11H2,1-3H3,(H,19,22)(H2,20,21,23,25). The van der Waals surface area contributed by atoms with Crippen molar-refractivity contribution in [2.45, 2.75) is 39.7 Å². The number of thiocarbonyl (C=S) groups is 1. The molecule has 136 valence electrons. The Morgan fingerprint density at radius 1 is 1.24 bits per heavy atom. The average molecular weight is 363 g/mol. The molecule has 1 aliphatic rings. The van der Waals surface area contributed by atoms with Crippen LogP contribution in [0.1, 0.15) is 44.0 Å². The number of carbonyl (C=O) groups is 2. The Morgan fingerprint density at radius 3 is 2.48 bits per heavy atom. The number of carbonyl (C=O) groups excluding carboxylic acids is 2. The van der Waals surface area contributed by atoms with Gasteiger partial charge in [0.25, 0.3) is 5.91 Å². The summed E-state index contributed by atoms with van der Waals surface area (Å²) in [5, 5.41) is 8.69. The molecule has 1 aromatic rings. The van der Waals surface area contributed by atoms with Crippen LogP contribution in [0.5, 0.6) is 0 Å². The molecular formula is C18H25N3O3S. The van der Waals surface area contributed by atoms with Crippen LogP contribution in [0.25, 0.3) is 0 Å². The second-order valence-electron chi connectivity index (χ2n) is 7.08. The van der Waals surface area contributed by atoms with E-state index >= 15 is 0 Å². The highest BCUT2D eigenvalue weighted by atomic mass is 32.1. The van der Waals surface area contributed by atoms with E-state index in [4.69, 9.17) is 17.0 Å². The zero-order valence-electron chi connectivity index (χ0n) is 14.8. The van der Waals surface area contributed by atoms with Crippen molar-refractivity contribution in [3.63, 3.8) is 0 Å². The Kier molecular flexibility index (Phi) is 6.50. The molecule has 1 saturated heterocycles. The van der Waals surface area contributed by atoms with Gasteiger partial charge in [-0.25, -0.2) is 0 Å². The van der Waals surface area contributed by atoms with Gasteiger partial charge in [0.15, 0.2) is 5.11 Å². The molecule has 1 aromatic carbocycles. The van der Waals surface area contributed by atoms with Crippen LogP contribution in [0.2, 0.25) is 0 Å². The normalized spacial score (nSPS) is 17.0. The summed E-state index contributed by atoms with van der Waals surface area (Å²) >= 11 is 5.13. The quantitative estimate of drug-likeness (QED) is 0.716. The largest absolute Gasteiger partial charge is 0.376 e. The van der Waals surface area contributed by atoms with E-state index in [0.29, 0.717) is 17.8 Å². The van der Waals surface area contributed by atoms with Crippen molar-refractivity contribution in [3.8, 4) is 0 Å². The van der Waals surface area contributed by atoms with Gasteiger partial charge >= 0.3 is 0 Å². The second-order valence-corrected chi connectivity index (χ2v) is 7.49. The summed E-state index contributed by atoms with van der Waals surface area (Å²) in [5.74, 6) is -0.291. The van der Waals surface area contributed by atoms with Gasteiger partial charge in [0.2, 0.25) is 5.91 Å². The van der Waals surface area contributed by atoms with Crippen LogP contribution in [0.15, 0.2) is 24.3 Å². The van der Waals surface area contributed by atoms with E-state index in [0.717, 1.165) is 19.4 Å². The summed E-state index contributed by atoms with van der Waals surface area (Å²) in [6.07, 6.45) is 2.15. The highest BCUT2D eigenvalue weighted by Crippen LogP contribution is 2.14. The Balaban J connectivity index is 1.83. The lowest BCUT2D eigenvalue weighted by Gasteiger charge is -2.18. The molecule has 25 heavy (non-hydrogen) atoms. The maximum absolute atomic E-state index is 12.1. The van der Waals surface area contributed by atoms with Gasteiger partial charge in [-0.05, 0) is 49.3 Å². The molecule has 0 spiro atoms. The fourth-order valence-corrected chi connectivity index (χ4v) is 2.48. The fourth-order valence-electron chi connectivity index (χ4n) is 2.27. The van der Waals surface area contributed by atoms with Gasteiger partial charge in [-0.2, -0.15) is 0 Å². The van der Waals surface area contributed by atoms with Gasteiger partial charge in [0.1, 0.15) is 0 Å². The molecule has 0 bridgehead atoms. The van der Waals surface area contributed by atoms with Gasteiger partial charge in [-0.1, -0.05) is 20.8 Å². The maximum atomic E-state index is 12.1. The van der Waals surface area contributed by atoms with Crippen LogP contribution < -0.4 is 16.0 Å². The van der Waals surface area contributed by atoms with E-state index in [1.54, 1.807) is 24.3 Å². The van der Waals surface area contributed by atoms with Gasteiger partial charge in [-0.15, -0.1) is 0 Å². The third-order valence-electron chi connectivity index (χ3n) is 3.83. The van der Waals surface area contributed by atoms with Crippen LogP contribution in [0.4, 0.5) is 5.69 Å². The summed E-state index contributed by atoms with van der Waals surface area (Å²) in [5.41, 5.74) is 0.750. The summed E-state index contributed by atoms with van der Waals surface area (Å²) in [6, 6.07) is 6.91. The fraction of sp³-hybridized carbons (Fsp3) is 0.500. The molecule has 0 aliphatic carbocycles. The molecule has 1 heterocycles. The van der Waals surface area contributed by atoms with Crippen LogP contribution in [-0.2, 0) is 9.53 Å². The lowest BCUT2D eigenvalue weighted by Crippen LogP contribution is -2.41. The van der Waals surface area contributed by atoms with Crippen LogP contribution in [-0.4, -0.2) is 36.2 Å². The number of anilines is 1. The Bertz CT molecular complexity index is 632. The Morgan fingerprint density at radius 2 is 1.92 bits per heavy atom. The average Bonchev–Trinajstić information content (AvgIpc) is 3.05. The van der Waals surface area contributed by atoms with Crippen molar-refractivity contribution in [1.29, 1.82) is 0 Å². The first-order valence-electron chi connectivity index (χ1n) is 8.38. The lowest BCUT2D eigenvalue weighted by molar-refractivity contribution is -0.126. The molecule has 2 rings (SSSR count). The molecule has 1 atom stereocenters. The van der Waals surface area contributed by atoms with Crippen molar-refractivity contribution < 1.29 is 14.3 Å². The smallest absolute Gasteiger partial charge is 0.251 e. The zero-order chi connectivity index (χ0) is 18.4. The molecule has 1 aliphatic heterocycles. The summed E-state index contributed by atoms with van der Waals surface area (Å²) in [4.78, 5) is 24.0. The van der Waals surface area contributed by atoms with Crippen LogP contribution in [0, 0.1) is 5.41 Å². The third kappa shape index (κ3) is 6.10. The lowest BCUT2D eigenvalue weighted by atomic mass is 9.96. The molecule has 1 fully saturated rings. The van der Waals surface area contributed by atoms with Gasteiger partial charge in [0, 0.05) is 29.8 Å². The molecule has 7 heteroatoms. The zero-order valence-corrected chi connectivity index (χ0v) is 15.7. The van der Waals surface area contributed by atoms with Crippen LogP contribution >= 0.6 is 12.2 Å². The van der Waals surface area contributed by atoms with E-state index < -0.39 is 5.41 Å². The molecular weight excluding hydrogens is 338 g/mol. The first kappa shape index (κ1) is 19.3. The molecule has 1 unspecified atom stereocenters. The maximum Gasteiger partial charge on any atom is 0.251 e. The highest BCUT2D eigenvalue weighted by molar-refractivity contribution is 7.80. The predicted octanol–water partition coefficient (Wildman–Crippen LogP) is 2.45. The number of nitrogens with one attached hydrogen (secondary N) is 3. The summed E-state index contributed by atoms with van der Waals surface area (Å²) < 4.78 is 5.48. The number of rotatable bonds is 4. The topological polar surface area (TPSA) is 79.5 Å². The van der Waals surface area contributed by atoms with Gasteiger partial charge in [0.05, 0.1) is 6.10 Å². The number of amides is 2. The monoisotopic (exact) mass is 363 g/mol. The minimum absolute atomic E-state index is 0.119. The number of hydrogen-bond donors (Lipinski definition) is 3. The van der Waals surface area contributed by atoms with Crippen molar-refractivity contribution in [3.05, 3.63) is 29.8 Å². The Hall–Kier alpha value is -1.99. The highest BCUT2D eigenvalue weighted by Gasteiger charge is 2.22. The molecule has 0 saturated carbocycles. The number of ether oxygens (including phenoxy) is 1. The Labute approximate surface area is 153 Å². The number of hydrogen-bond acceptors (Lipinski definition) is 4. The first-order chi connectivity index (χ1) is 11.8. The summed E-state index contributed by atoms with van der Waals surface area (Å²) in [6.45, 7) is 6.74. The van der Waals surface area contributed by atoms with E-state index in [-0.39, 0.29) is 23.0 Å². The molecule has 0 aromatic heterocycles. The number of benzene rings is 1. The van der Waals surface area contributed by atoms with Crippen molar-refractivity contribution in [2.75, 3.05) is 18.5 Å². The van der Waals surface area contributed by atoms with E-state index in [2.05, 4.69) is 16.0 Å². The van der Waals surface area contributed by atoms with Crippen molar-refractivity contribution >= 4 is 34.8 Å². The van der Waals surface area contributed by atoms with E-state index in [1.807, 2.05) is 20.8 Å². The van der Waals surface area contributed by atoms with Gasteiger partial charge < -0.3 is 20.7 Å². The molecule has 2 amide bonds. The molecule has 3 N–H and O–H groups in total. The van der Waals surface area contributed by atoms with Crippen molar-refractivity contribution in [1.82, 2.24) is 10.6 Å². The minimum Gasteiger partial charge on any atom is -0.376 e. The van der Waals surface area contributed by atoms with E-state index in [1.165, 1.54) is 0 Å². The predicted molar refractivity (Wildman–Crippen MR) is 102 cm³/mol. The van der Waals surface area contributed by atoms with Gasteiger partial charge in [-0.3, -0.25) is 9.59 Å².